The summed E-state index contributed by atoms with van der Waals surface area (Å²) in [6, 6.07) is 1.09. The molecule has 1 atom stereocenters. The molecular formula is C16H25N3O4. The van der Waals surface area contributed by atoms with E-state index in [1.807, 2.05) is 6.07 Å². The molecule has 7 heteroatoms. The molecule has 0 aliphatic heterocycles. The standard InChI is InChI=1S/C16H25N3O4/c1-16(2,3)23-15(21)19-13(14(20)22-4)7-5-6-11-8-9-18-10-12(11)17/h8-10,13H,5-7,17H2,1-4H3,(H,19,21)/t13-/m0/s1. The normalized spacial score (nSPS) is 12.3. The van der Waals surface area contributed by atoms with E-state index in [1.54, 1.807) is 33.2 Å². The lowest BCUT2D eigenvalue weighted by molar-refractivity contribution is -0.143. The number of nitrogens with one attached hydrogen (secondary N) is 1. The number of nitrogens with zero attached hydrogens (tertiary/aromatic N) is 1. The molecule has 0 unspecified atom stereocenters. The van der Waals surface area contributed by atoms with Gasteiger partial charge in [-0.25, -0.2) is 9.59 Å². The summed E-state index contributed by atoms with van der Waals surface area (Å²) in [6.45, 7) is 5.27. The van der Waals surface area contributed by atoms with Crippen LogP contribution in [0.2, 0.25) is 0 Å². The molecule has 0 fully saturated rings. The number of rotatable bonds is 6. The van der Waals surface area contributed by atoms with E-state index in [1.165, 1.54) is 7.11 Å². The van der Waals surface area contributed by atoms with Crippen molar-refractivity contribution in [2.45, 2.75) is 51.7 Å². The largest absolute Gasteiger partial charge is 0.467 e. The highest BCUT2D eigenvalue weighted by atomic mass is 16.6. The van der Waals surface area contributed by atoms with E-state index in [0.717, 1.165) is 5.56 Å². The van der Waals surface area contributed by atoms with Crippen molar-refractivity contribution in [1.82, 2.24) is 10.3 Å². The molecule has 1 aromatic rings. The van der Waals surface area contributed by atoms with Gasteiger partial charge >= 0.3 is 12.1 Å². The van der Waals surface area contributed by atoms with Gasteiger partial charge in [-0.15, -0.1) is 0 Å². The Bertz CT molecular complexity index is 540. The first-order valence-corrected chi connectivity index (χ1v) is 7.48. The van der Waals surface area contributed by atoms with Crippen molar-refractivity contribution in [3.63, 3.8) is 0 Å². The molecule has 0 saturated heterocycles. The van der Waals surface area contributed by atoms with Crippen LogP contribution >= 0.6 is 0 Å². The van der Waals surface area contributed by atoms with Crippen molar-refractivity contribution in [2.24, 2.45) is 0 Å². The van der Waals surface area contributed by atoms with Crippen LogP contribution in [0.4, 0.5) is 10.5 Å². The van der Waals surface area contributed by atoms with E-state index in [-0.39, 0.29) is 0 Å². The van der Waals surface area contributed by atoms with Crippen molar-refractivity contribution in [1.29, 1.82) is 0 Å². The SMILES string of the molecule is COC(=O)[C@H](CCCc1ccncc1N)NC(=O)OC(C)(C)C. The Hall–Kier alpha value is -2.31. The minimum absolute atomic E-state index is 0.424. The summed E-state index contributed by atoms with van der Waals surface area (Å²) < 4.78 is 9.89. The Balaban J connectivity index is 2.57. The molecule has 1 rings (SSSR count). The highest BCUT2D eigenvalue weighted by Gasteiger charge is 2.24. The summed E-state index contributed by atoms with van der Waals surface area (Å²) in [7, 11) is 1.28. The van der Waals surface area contributed by atoms with Gasteiger partial charge in [0.05, 0.1) is 19.0 Å². The maximum atomic E-state index is 11.8. The molecular weight excluding hydrogens is 298 g/mol. The number of alkyl carbamates (subject to hydrolysis) is 1. The van der Waals surface area contributed by atoms with Crippen molar-refractivity contribution in [3.8, 4) is 0 Å². The number of anilines is 1. The van der Waals surface area contributed by atoms with E-state index in [4.69, 9.17) is 15.2 Å². The van der Waals surface area contributed by atoms with Crippen molar-refractivity contribution in [3.05, 3.63) is 24.0 Å². The van der Waals surface area contributed by atoms with Crippen LogP contribution in [0, 0.1) is 0 Å². The maximum absolute atomic E-state index is 11.8. The molecule has 0 aliphatic rings. The molecule has 7 nitrogen and oxygen atoms in total. The third-order valence-corrected chi connectivity index (χ3v) is 3.06. The number of aromatic nitrogens is 1. The number of carbonyl (C=O) groups is 2. The lowest BCUT2D eigenvalue weighted by Gasteiger charge is -2.22. The Kier molecular flexibility index (Phi) is 6.81. The van der Waals surface area contributed by atoms with Gasteiger partial charge in [-0.3, -0.25) is 4.98 Å². The number of nitrogens with two attached hydrogens (primary N) is 1. The summed E-state index contributed by atoms with van der Waals surface area (Å²) in [5.74, 6) is -0.501. The highest BCUT2D eigenvalue weighted by molar-refractivity contribution is 5.81. The third-order valence-electron chi connectivity index (χ3n) is 3.06. The molecule has 0 saturated carbocycles. The van der Waals surface area contributed by atoms with Gasteiger partial charge in [0.2, 0.25) is 0 Å². The minimum Gasteiger partial charge on any atom is -0.467 e. The Morgan fingerprint density at radius 1 is 1.39 bits per heavy atom. The molecule has 3 N–H and O–H groups in total. The third kappa shape index (κ3) is 6.99. The van der Waals surface area contributed by atoms with Crippen LogP contribution in [0.15, 0.2) is 18.5 Å². The molecule has 0 spiro atoms. The summed E-state index contributed by atoms with van der Waals surface area (Å²) >= 11 is 0. The highest BCUT2D eigenvalue weighted by Crippen LogP contribution is 2.14. The number of esters is 1. The molecule has 1 aromatic heterocycles. The molecule has 128 valence electrons. The number of carbonyl (C=O) groups excluding carboxylic acids is 2. The van der Waals surface area contributed by atoms with Gasteiger partial charge in [-0.2, -0.15) is 0 Å². The molecule has 0 aromatic carbocycles. The fourth-order valence-electron chi connectivity index (χ4n) is 2.00. The van der Waals surface area contributed by atoms with Gasteiger partial charge < -0.3 is 20.5 Å². The number of pyridine rings is 1. The zero-order valence-corrected chi connectivity index (χ0v) is 14.1. The quantitative estimate of drug-likeness (QED) is 0.777. The average Bonchev–Trinajstić information content (AvgIpc) is 2.45. The molecule has 0 radical (unpaired) electrons. The maximum Gasteiger partial charge on any atom is 0.408 e. The summed E-state index contributed by atoms with van der Waals surface area (Å²) in [4.78, 5) is 27.5. The van der Waals surface area contributed by atoms with Crippen LogP contribution in [-0.4, -0.2) is 35.8 Å². The predicted molar refractivity (Wildman–Crippen MR) is 86.8 cm³/mol. The minimum atomic E-state index is -0.752. The van der Waals surface area contributed by atoms with Crippen LogP contribution in [-0.2, 0) is 20.7 Å². The van der Waals surface area contributed by atoms with Gasteiger partial charge in [-0.05, 0) is 51.7 Å². The number of aryl methyl sites for hydroxylation is 1. The topological polar surface area (TPSA) is 104 Å². The van der Waals surface area contributed by atoms with Gasteiger partial charge in [0.1, 0.15) is 11.6 Å². The monoisotopic (exact) mass is 323 g/mol. The number of hydrogen-bond acceptors (Lipinski definition) is 6. The van der Waals surface area contributed by atoms with E-state index < -0.39 is 23.7 Å². The molecule has 1 amide bonds. The van der Waals surface area contributed by atoms with Crippen molar-refractivity contribution < 1.29 is 19.1 Å². The number of ether oxygens (including phenoxy) is 2. The number of methoxy groups -OCH3 is 1. The van der Waals surface area contributed by atoms with Crippen LogP contribution in [0.1, 0.15) is 39.2 Å². The lowest BCUT2D eigenvalue weighted by atomic mass is 10.0. The van der Waals surface area contributed by atoms with E-state index in [0.29, 0.717) is 24.9 Å². The van der Waals surface area contributed by atoms with Crippen LogP contribution in [0.25, 0.3) is 0 Å². The molecule has 1 heterocycles. The second kappa shape index (κ2) is 8.36. The first-order valence-electron chi connectivity index (χ1n) is 7.48. The van der Waals surface area contributed by atoms with E-state index in [2.05, 4.69) is 10.3 Å². The van der Waals surface area contributed by atoms with Gasteiger partial charge in [-0.1, -0.05) is 0 Å². The van der Waals surface area contributed by atoms with Gasteiger partial charge in [0, 0.05) is 6.20 Å². The fourth-order valence-corrected chi connectivity index (χ4v) is 2.00. The molecule has 0 bridgehead atoms. The van der Waals surface area contributed by atoms with Gasteiger partial charge in [0.15, 0.2) is 0 Å². The molecule has 23 heavy (non-hydrogen) atoms. The number of amides is 1. The van der Waals surface area contributed by atoms with E-state index >= 15 is 0 Å². The van der Waals surface area contributed by atoms with Crippen molar-refractivity contribution >= 4 is 17.7 Å². The van der Waals surface area contributed by atoms with Crippen LogP contribution in [0.3, 0.4) is 0 Å². The first kappa shape index (κ1) is 18.7. The Morgan fingerprint density at radius 2 is 2.09 bits per heavy atom. The Labute approximate surface area is 136 Å². The number of hydrogen-bond donors (Lipinski definition) is 2. The summed E-state index contributed by atoms with van der Waals surface area (Å²) in [5, 5.41) is 2.55. The fraction of sp³-hybridized carbons (Fsp3) is 0.562. The zero-order chi connectivity index (χ0) is 17.5. The van der Waals surface area contributed by atoms with Crippen molar-refractivity contribution in [2.75, 3.05) is 12.8 Å². The van der Waals surface area contributed by atoms with Gasteiger partial charge in [0.25, 0.3) is 0 Å². The predicted octanol–water partition coefficient (Wildman–Crippen LogP) is 2.05. The van der Waals surface area contributed by atoms with Crippen LogP contribution < -0.4 is 11.1 Å². The summed E-state index contributed by atoms with van der Waals surface area (Å²) in [6.07, 6.45) is 4.38. The number of nitrogen functional groups attached to an aromatic ring is 1. The van der Waals surface area contributed by atoms with E-state index in [9.17, 15) is 9.59 Å². The second-order valence-electron chi connectivity index (χ2n) is 6.19. The average molecular weight is 323 g/mol. The second-order valence-corrected chi connectivity index (χ2v) is 6.19. The first-order chi connectivity index (χ1) is 10.7. The molecule has 0 aliphatic carbocycles. The van der Waals surface area contributed by atoms with Crippen LogP contribution in [0.5, 0.6) is 0 Å². The lowest BCUT2D eigenvalue weighted by Crippen LogP contribution is -2.44. The zero-order valence-electron chi connectivity index (χ0n) is 14.1. The smallest absolute Gasteiger partial charge is 0.408 e. The summed E-state index contributed by atoms with van der Waals surface area (Å²) in [5.41, 5.74) is 6.77. The Morgan fingerprint density at radius 3 is 2.65 bits per heavy atom.